The predicted molar refractivity (Wildman–Crippen MR) is 126 cm³/mol. The minimum absolute atomic E-state index is 0.0414. The maximum Gasteiger partial charge on any atom is 0.199 e. The Morgan fingerprint density at radius 3 is 2.54 bits per heavy atom. The fraction of sp³-hybridized carbons (Fsp3) is 0.111. The van der Waals surface area contributed by atoms with Gasteiger partial charge in [0.15, 0.2) is 17.4 Å². The Bertz CT molecular complexity index is 1630. The Balaban J connectivity index is 1.42. The van der Waals surface area contributed by atoms with Crippen molar-refractivity contribution in [1.82, 2.24) is 15.0 Å². The summed E-state index contributed by atoms with van der Waals surface area (Å²) >= 11 is 0. The largest absolute Gasteiger partial charge is 0.451 e. The zero-order chi connectivity index (χ0) is 26.1. The lowest BCUT2D eigenvalue weighted by atomic mass is 10.0. The number of carbonyl (C=O) groups excluding carboxylic acids is 1. The van der Waals surface area contributed by atoms with Crippen molar-refractivity contribution in [3.8, 4) is 22.9 Å². The summed E-state index contributed by atoms with van der Waals surface area (Å²) in [6.45, 7) is 0. The Labute approximate surface area is 206 Å². The van der Waals surface area contributed by atoms with E-state index in [4.69, 9.17) is 4.74 Å². The van der Waals surface area contributed by atoms with Crippen LogP contribution in [0.15, 0.2) is 54.9 Å². The molecule has 37 heavy (non-hydrogen) atoms. The number of aldehydes is 1. The number of hydrogen-bond acceptors (Lipinski definition) is 3. The minimum atomic E-state index is -0.941. The van der Waals surface area contributed by atoms with Gasteiger partial charge in [0.05, 0.1) is 11.1 Å². The molecule has 0 bridgehead atoms. The number of ether oxygens (including phenoxy) is 1. The molecule has 2 N–H and O–H groups in total. The second-order valence-corrected chi connectivity index (χ2v) is 8.36. The van der Waals surface area contributed by atoms with Gasteiger partial charge in [-0.3, -0.25) is 0 Å². The number of carbonyl (C=O) groups is 1. The first kappa shape index (κ1) is 24.2. The number of rotatable bonds is 8. The van der Waals surface area contributed by atoms with E-state index in [1.54, 1.807) is 0 Å². The third-order valence-electron chi connectivity index (χ3n) is 5.84. The second kappa shape index (κ2) is 9.88. The Morgan fingerprint density at radius 2 is 1.73 bits per heavy atom. The van der Waals surface area contributed by atoms with E-state index < -0.39 is 34.8 Å². The van der Waals surface area contributed by atoms with Gasteiger partial charge >= 0.3 is 0 Å². The molecule has 0 spiro atoms. The molecular weight excluding hydrogens is 493 g/mol. The lowest BCUT2D eigenvalue weighted by Gasteiger charge is -2.10. The number of imidazole rings is 1. The van der Waals surface area contributed by atoms with Crippen LogP contribution >= 0.6 is 0 Å². The first-order valence-electron chi connectivity index (χ1n) is 11.2. The summed E-state index contributed by atoms with van der Waals surface area (Å²) in [5, 5.41) is 0.133. The summed E-state index contributed by atoms with van der Waals surface area (Å²) in [6.07, 6.45) is 3.47. The van der Waals surface area contributed by atoms with Gasteiger partial charge in [0.1, 0.15) is 35.3 Å². The zero-order valence-electron chi connectivity index (χ0n) is 19.0. The van der Waals surface area contributed by atoms with Crippen molar-refractivity contribution in [3.05, 3.63) is 101 Å². The van der Waals surface area contributed by atoms with Gasteiger partial charge in [0.25, 0.3) is 0 Å². The third kappa shape index (κ3) is 4.82. The van der Waals surface area contributed by atoms with Gasteiger partial charge in [0.2, 0.25) is 0 Å². The quantitative estimate of drug-likeness (QED) is 0.179. The highest BCUT2D eigenvalue weighted by Crippen LogP contribution is 2.34. The number of hydrogen-bond donors (Lipinski definition) is 2. The Hall–Kier alpha value is -4.47. The number of aryl methyl sites for hydroxylation is 1. The topological polar surface area (TPSA) is 70.8 Å². The summed E-state index contributed by atoms with van der Waals surface area (Å²) in [5.41, 5.74) is 0.686. The normalized spacial score (nSPS) is 11.3. The lowest BCUT2D eigenvalue weighted by molar-refractivity contribution is -0.107. The van der Waals surface area contributed by atoms with Crippen LogP contribution in [0.5, 0.6) is 11.5 Å². The van der Waals surface area contributed by atoms with Crippen LogP contribution in [-0.4, -0.2) is 21.2 Å². The SMILES string of the molecule is O=CCCc1cc(F)cc(Cc2cnc(-c3cc(Oc4c(F)cc5[nH]ccc5c4F)ccc3F)[nH]2)c1F. The number of benzene rings is 3. The van der Waals surface area contributed by atoms with Crippen molar-refractivity contribution in [1.29, 1.82) is 0 Å². The highest BCUT2D eigenvalue weighted by molar-refractivity contribution is 5.82. The van der Waals surface area contributed by atoms with E-state index in [2.05, 4.69) is 15.0 Å². The maximum absolute atomic E-state index is 14.8. The molecule has 0 saturated carbocycles. The first-order chi connectivity index (χ1) is 17.8. The summed E-state index contributed by atoms with van der Waals surface area (Å²) in [5.74, 6) is -4.46. The van der Waals surface area contributed by atoms with Crippen LogP contribution < -0.4 is 4.74 Å². The van der Waals surface area contributed by atoms with Crippen LogP contribution in [0.25, 0.3) is 22.3 Å². The van der Waals surface area contributed by atoms with Crippen LogP contribution in [0.4, 0.5) is 22.0 Å². The van der Waals surface area contributed by atoms with Crippen LogP contribution in [0, 0.1) is 29.1 Å². The number of fused-ring (bicyclic) bond motifs is 1. The monoisotopic (exact) mass is 511 g/mol. The van der Waals surface area contributed by atoms with Crippen molar-refractivity contribution in [2.75, 3.05) is 0 Å². The molecule has 2 heterocycles. The van der Waals surface area contributed by atoms with E-state index in [1.165, 1.54) is 30.6 Å². The van der Waals surface area contributed by atoms with Crippen LogP contribution in [0.2, 0.25) is 0 Å². The standard InChI is InChI=1S/C27H18F5N3O2/c28-16-8-14(2-1-7-36)24(31)15(9-16)10-17-13-34-27(35-17)20-11-18(3-4-21(20)29)37-26-22(30)12-23-19(25(26)32)5-6-33-23/h3-9,11-13,33H,1-2,10H2,(H,34,35). The van der Waals surface area contributed by atoms with E-state index >= 15 is 0 Å². The van der Waals surface area contributed by atoms with Crippen molar-refractivity contribution in [3.63, 3.8) is 0 Å². The molecule has 188 valence electrons. The molecular formula is C27H18F5N3O2. The van der Waals surface area contributed by atoms with Crippen LogP contribution in [0.1, 0.15) is 23.2 Å². The van der Waals surface area contributed by atoms with E-state index in [-0.39, 0.29) is 58.4 Å². The summed E-state index contributed by atoms with van der Waals surface area (Å²) in [4.78, 5) is 20.3. The number of aromatic amines is 2. The molecule has 0 atom stereocenters. The molecule has 3 aromatic carbocycles. The number of aromatic nitrogens is 3. The highest BCUT2D eigenvalue weighted by Gasteiger charge is 2.19. The summed E-state index contributed by atoms with van der Waals surface area (Å²) in [7, 11) is 0. The smallest absolute Gasteiger partial charge is 0.199 e. The molecule has 5 aromatic rings. The first-order valence-corrected chi connectivity index (χ1v) is 11.2. The molecule has 0 aliphatic heterocycles. The van der Waals surface area contributed by atoms with Crippen molar-refractivity contribution >= 4 is 17.2 Å². The zero-order valence-corrected chi connectivity index (χ0v) is 19.0. The average Bonchev–Trinajstić information content (AvgIpc) is 3.53. The minimum Gasteiger partial charge on any atom is -0.451 e. The van der Waals surface area contributed by atoms with Gasteiger partial charge < -0.3 is 19.5 Å². The van der Waals surface area contributed by atoms with Gasteiger partial charge in [-0.05, 0) is 53.9 Å². The van der Waals surface area contributed by atoms with Gasteiger partial charge in [0, 0.05) is 42.4 Å². The van der Waals surface area contributed by atoms with Crippen molar-refractivity contribution in [2.24, 2.45) is 0 Å². The van der Waals surface area contributed by atoms with E-state index in [0.717, 1.165) is 24.3 Å². The lowest BCUT2D eigenvalue weighted by Crippen LogP contribution is -2.01. The molecule has 5 nitrogen and oxygen atoms in total. The second-order valence-electron chi connectivity index (χ2n) is 8.36. The highest BCUT2D eigenvalue weighted by atomic mass is 19.1. The number of nitrogens with one attached hydrogen (secondary N) is 2. The van der Waals surface area contributed by atoms with E-state index in [0.29, 0.717) is 12.0 Å². The fourth-order valence-corrected chi connectivity index (χ4v) is 4.10. The van der Waals surface area contributed by atoms with E-state index in [9.17, 15) is 26.7 Å². The maximum atomic E-state index is 14.8. The van der Waals surface area contributed by atoms with Crippen molar-refractivity contribution < 1.29 is 31.5 Å². The van der Waals surface area contributed by atoms with Gasteiger partial charge in [-0.25, -0.2) is 26.9 Å². The number of H-pyrrole nitrogens is 2. The molecule has 0 aliphatic rings. The molecule has 10 heteroatoms. The number of halogens is 5. The molecule has 0 fully saturated rings. The van der Waals surface area contributed by atoms with Crippen LogP contribution in [-0.2, 0) is 17.6 Å². The summed E-state index contributed by atoms with van der Waals surface area (Å²) in [6, 6.07) is 8.10. The molecule has 0 saturated heterocycles. The number of nitrogens with zero attached hydrogens (tertiary/aromatic N) is 1. The average molecular weight is 511 g/mol. The Morgan fingerprint density at radius 1 is 0.919 bits per heavy atom. The van der Waals surface area contributed by atoms with Crippen molar-refractivity contribution in [2.45, 2.75) is 19.3 Å². The fourth-order valence-electron chi connectivity index (χ4n) is 4.10. The summed E-state index contributed by atoms with van der Waals surface area (Å²) < 4.78 is 78.1. The third-order valence-corrected chi connectivity index (χ3v) is 5.84. The molecule has 0 amide bonds. The molecule has 0 unspecified atom stereocenters. The molecule has 2 aromatic heterocycles. The van der Waals surface area contributed by atoms with Gasteiger partial charge in [-0.2, -0.15) is 0 Å². The predicted octanol–water partition coefficient (Wildman–Crippen LogP) is 6.77. The molecule has 5 rings (SSSR count). The molecule has 0 aliphatic carbocycles. The van der Waals surface area contributed by atoms with E-state index in [1.807, 2.05) is 0 Å². The molecule has 0 radical (unpaired) electrons. The van der Waals surface area contributed by atoms with Crippen LogP contribution in [0.3, 0.4) is 0 Å². The van der Waals surface area contributed by atoms with Gasteiger partial charge in [-0.15, -0.1) is 0 Å². The van der Waals surface area contributed by atoms with Gasteiger partial charge in [-0.1, -0.05) is 0 Å². The Kier molecular flexibility index (Phi) is 6.47.